The summed E-state index contributed by atoms with van der Waals surface area (Å²) < 4.78 is 5.17. The number of thiophene rings is 1. The van der Waals surface area contributed by atoms with E-state index in [0.717, 1.165) is 46.7 Å². The van der Waals surface area contributed by atoms with Crippen LogP contribution in [0.25, 0.3) is 10.2 Å². The molecule has 1 fully saturated rings. The molecule has 0 radical (unpaired) electrons. The number of esters is 1. The number of ether oxygens (including phenoxy) is 1. The minimum atomic E-state index is -0.398. The van der Waals surface area contributed by atoms with Gasteiger partial charge in [-0.2, -0.15) is 0 Å². The molecule has 3 heterocycles. The number of nitrogens with zero attached hydrogens (tertiary/aromatic N) is 3. The summed E-state index contributed by atoms with van der Waals surface area (Å²) in [7, 11) is 0. The van der Waals surface area contributed by atoms with Crippen LogP contribution in [-0.4, -0.2) is 52.2 Å². The van der Waals surface area contributed by atoms with Gasteiger partial charge in [0.15, 0.2) is 6.61 Å². The van der Waals surface area contributed by atoms with E-state index in [-0.39, 0.29) is 18.3 Å². The highest BCUT2D eigenvalue weighted by atomic mass is 32.2. The molecule has 0 aliphatic carbocycles. The van der Waals surface area contributed by atoms with E-state index < -0.39 is 5.97 Å². The molecule has 3 rings (SSSR count). The molecule has 0 saturated carbocycles. The smallest absolute Gasteiger partial charge is 0.316 e. The second-order valence-corrected chi connectivity index (χ2v) is 8.85. The van der Waals surface area contributed by atoms with Gasteiger partial charge in [0.25, 0.3) is 5.91 Å². The van der Waals surface area contributed by atoms with Gasteiger partial charge in [0.2, 0.25) is 0 Å². The van der Waals surface area contributed by atoms with Crippen LogP contribution < -0.4 is 0 Å². The van der Waals surface area contributed by atoms with Crippen LogP contribution in [0.4, 0.5) is 0 Å². The number of thioether (sulfide) groups is 1. The van der Waals surface area contributed by atoms with Crippen LogP contribution in [0.2, 0.25) is 0 Å². The quantitative estimate of drug-likeness (QED) is 0.441. The number of hydrogen-bond donors (Lipinski definition) is 0. The van der Waals surface area contributed by atoms with E-state index in [2.05, 4.69) is 23.8 Å². The maximum Gasteiger partial charge on any atom is 0.316 e. The molecule has 140 valence electrons. The number of rotatable bonds is 5. The number of piperidine rings is 1. The first-order valence-corrected chi connectivity index (χ1v) is 10.5. The van der Waals surface area contributed by atoms with Crippen LogP contribution >= 0.6 is 23.1 Å². The highest BCUT2D eigenvalue weighted by molar-refractivity contribution is 8.00. The Balaban J connectivity index is 1.52. The third-order valence-electron chi connectivity index (χ3n) is 4.62. The van der Waals surface area contributed by atoms with Crippen LogP contribution in [0.15, 0.2) is 11.4 Å². The average molecular weight is 394 g/mol. The van der Waals surface area contributed by atoms with E-state index in [1.54, 1.807) is 16.2 Å². The maximum absolute atomic E-state index is 12.2. The normalized spacial score (nSPS) is 17.5. The molecule has 1 saturated heterocycles. The zero-order valence-corrected chi connectivity index (χ0v) is 16.9. The van der Waals surface area contributed by atoms with Gasteiger partial charge in [-0.3, -0.25) is 9.59 Å². The molecule has 1 aliphatic heterocycles. The average Bonchev–Trinajstić information content (AvgIpc) is 2.92. The summed E-state index contributed by atoms with van der Waals surface area (Å²) in [5.74, 6) is 0.134. The van der Waals surface area contributed by atoms with Crippen LogP contribution in [0.5, 0.6) is 0 Å². The first-order valence-electron chi connectivity index (χ1n) is 8.72. The lowest BCUT2D eigenvalue weighted by atomic mass is 10.0. The highest BCUT2D eigenvalue weighted by Gasteiger charge is 2.22. The Morgan fingerprint density at radius 1 is 1.38 bits per heavy atom. The van der Waals surface area contributed by atoms with Gasteiger partial charge >= 0.3 is 5.97 Å². The Bertz CT molecular complexity index is 821. The van der Waals surface area contributed by atoms with Crippen molar-refractivity contribution < 1.29 is 14.3 Å². The van der Waals surface area contributed by atoms with Crippen LogP contribution in [0, 0.1) is 19.8 Å². The van der Waals surface area contributed by atoms with Crippen molar-refractivity contribution in [1.82, 2.24) is 14.9 Å². The lowest BCUT2D eigenvalue weighted by Gasteiger charge is -2.30. The summed E-state index contributed by atoms with van der Waals surface area (Å²) in [4.78, 5) is 36.7. The Kier molecular flexibility index (Phi) is 6.13. The number of hydrogen-bond acceptors (Lipinski definition) is 7. The monoisotopic (exact) mass is 393 g/mol. The van der Waals surface area contributed by atoms with Crippen molar-refractivity contribution in [2.75, 3.05) is 25.4 Å². The Hall–Kier alpha value is -1.67. The summed E-state index contributed by atoms with van der Waals surface area (Å²) in [5, 5.41) is 1.79. The topological polar surface area (TPSA) is 72.4 Å². The van der Waals surface area contributed by atoms with Gasteiger partial charge in [0.05, 0.1) is 5.75 Å². The Morgan fingerprint density at radius 3 is 2.96 bits per heavy atom. The summed E-state index contributed by atoms with van der Waals surface area (Å²) in [6.07, 6.45) is 3.68. The molecule has 8 heteroatoms. The number of carbonyl (C=O) groups is 2. The van der Waals surface area contributed by atoms with Gasteiger partial charge in [-0.15, -0.1) is 11.3 Å². The minimum Gasteiger partial charge on any atom is -0.455 e. The summed E-state index contributed by atoms with van der Waals surface area (Å²) in [6, 6.07) is 0. The fourth-order valence-electron chi connectivity index (χ4n) is 3.08. The first kappa shape index (κ1) is 19.1. The first-order chi connectivity index (χ1) is 12.5. The highest BCUT2D eigenvalue weighted by Crippen LogP contribution is 2.34. The molecule has 0 N–H and O–H groups in total. The van der Waals surface area contributed by atoms with Crippen LogP contribution in [0.1, 0.15) is 30.2 Å². The predicted molar refractivity (Wildman–Crippen MR) is 104 cm³/mol. The number of amides is 1. The molecule has 0 spiro atoms. The summed E-state index contributed by atoms with van der Waals surface area (Å²) in [6.45, 7) is 7.56. The van der Waals surface area contributed by atoms with E-state index >= 15 is 0 Å². The van der Waals surface area contributed by atoms with Gasteiger partial charge < -0.3 is 9.64 Å². The Labute approximate surface area is 161 Å². The Morgan fingerprint density at radius 2 is 2.19 bits per heavy atom. The minimum absolute atomic E-state index is 0.108. The summed E-state index contributed by atoms with van der Waals surface area (Å²) in [5.41, 5.74) is 1.15. The van der Waals surface area contributed by atoms with Crippen LogP contribution in [-0.2, 0) is 14.3 Å². The fraction of sp³-hybridized carbons (Fsp3) is 0.556. The van der Waals surface area contributed by atoms with Crippen molar-refractivity contribution in [1.29, 1.82) is 0 Å². The van der Waals surface area contributed by atoms with E-state index in [4.69, 9.17) is 4.74 Å². The van der Waals surface area contributed by atoms with Gasteiger partial charge in [-0.1, -0.05) is 18.7 Å². The zero-order chi connectivity index (χ0) is 18.7. The van der Waals surface area contributed by atoms with Crippen molar-refractivity contribution in [3.05, 3.63) is 16.8 Å². The number of aryl methyl sites for hydroxylation is 2. The van der Waals surface area contributed by atoms with E-state index in [9.17, 15) is 9.59 Å². The molecule has 1 amide bonds. The maximum atomic E-state index is 12.2. The van der Waals surface area contributed by atoms with Gasteiger partial charge in [-0.05, 0) is 38.2 Å². The zero-order valence-electron chi connectivity index (χ0n) is 15.3. The van der Waals surface area contributed by atoms with Gasteiger partial charge in [-0.25, -0.2) is 9.97 Å². The largest absolute Gasteiger partial charge is 0.455 e. The van der Waals surface area contributed by atoms with Crippen molar-refractivity contribution in [3.63, 3.8) is 0 Å². The molecule has 26 heavy (non-hydrogen) atoms. The molecule has 1 aliphatic rings. The van der Waals surface area contributed by atoms with Crippen LogP contribution in [0.3, 0.4) is 0 Å². The molecule has 2 aromatic rings. The third-order valence-corrected chi connectivity index (χ3v) is 6.70. The van der Waals surface area contributed by atoms with E-state index in [0.29, 0.717) is 5.92 Å². The fourth-order valence-corrected chi connectivity index (χ4v) is 4.99. The van der Waals surface area contributed by atoms with Crippen molar-refractivity contribution in [3.8, 4) is 0 Å². The van der Waals surface area contributed by atoms with E-state index in [1.165, 1.54) is 23.0 Å². The second-order valence-electron chi connectivity index (χ2n) is 6.68. The van der Waals surface area contributed by atoms with Gasteiger partial charge in [0, 0.05) is 23.4 Å². The molecular formula is C18H23N3O3S2. The lowest BCUT2D eigenvalue weighted by Crippen LogP contribution is -2.41. The van der Waals surface area contributed by atoms with Crippen molar-refractivity contribution in [2.24, 2.45) is 5.92 Å². The lowest BCUT2D eigenvalue weighted by molar-refractivity contribution is -0.150. The third kappa shape index (κ3) is 4.35. The molecule has 0 bridgehead atoms. The summed E-state index contributed by atoms with van der Waals surface area (Å²) >= 11 is 2.96. The number of fused-ring (bicyclic) bond motifs is 1. The van der Waals surface area contributed by atoms with Gasteiger partial charge in [0.1, 0.15) is 16.2 Å². The molecular weight excluding hydrogens is 370 g/mol. The number of carbonyl (C=O) groups excluding carboxylic acids is 2. The predicted octanol–water partition coefficient (Wildman–Crippen LogP) is 3.20. The molecule has 6 nitrogen and oxygen atoms in total. The number of aromatic nitrogens is 2. The molecule has 2 aromatic heterocycles. The molecule has 0 unspecified atom stereocenters. The standard InChI is InChI=1S/C18H23N3O3S2/c1-11-5-4-6-21(7-11)14(22)8-24-15(23)9-25-17-16-12(2)13(3)26-18(16)20-10-19-17/h10-11H,4-9H2,1-3H3/t11-/m0/s1. The van der Waals surface area contributed by atoms with Crippen molar-refractivity contribution in [2.45, 2.75) is 38.6 Å². The molecule has 1 atom stereocenters. The van der Waals surface area contributed by atoms with E-state index in [1.807, 2.05) is 6.92 Å². The number of likely N-dealkylation sites (tertiary alicyclic amines) is 1. The van der Waals surface area contributed by atoms with Crippen molar-refractivity contribution >= 4 is 45.2 Å². The molecule has 0 aromatic carbocycles. The SMILES string of the molecule is Cc1sc2ncnc(SCC(=O)OCC(=O)N3CCC[C@H](C)C3)c2c1C. The second kappa shape index (κ2) is 8.35.